The lowest BCUT2D eigenvalue weighted by atomic mass is 10.3. The third-order valence-electron chi connectivity index (χ3n) is 2.57. The van der Waals surface area contributed by atoms with Gasteiger partial charge in [0.1, 0.15) is 5.82 Å². The molecule has 1 heterocycles. The van der Waals surface area contributed by atoms with E-state index in [1.54, 1.807) is 0 Å². The first-order chi connectivity index (χ1) is 9.82. The third-order valence-corrected chi connectivity index (χ3v) is 2.57. The minimum Gasteiger partial charge on any atom is -0.379 e. The second kappa shape index (κ2) is 8.02. The van der Waals surface area contributed by atoms with E-state index >= 15 is 0 Å². The predicted molar refractivity (Wildman–Crippen MR) is 75.4 cm³/mol. The van der Waals surface area contributed by atoms with E-state index in [2.05, 4.69) is 20.6 Å². The zero-order chi connectivity index (χ0) is 15.9. The van der Waals surface area contributed by atoms with E-state index in [0.717, 1.165) is 18.9 Å². The zero-order valence-electron chi connectivity index (χ0n) is 12.4. The molecule has 8 heteroatoms. The molecule has 0 saturated carbocycles. The van der Waals surface area contributed by atoms with Gasteiger partial charge in [0.2, 0.25) is 5.95 Å². The molecule has 120 valence electrons. The van der Waals surface area contributed by atoms with Crippen LogP contribution in [0.15, 0.2) is 6.07 Å². The number of alkyl halides is 3. The van der Waals surface area contributed by atoms with Crippen molar-refractivity contribution in [2.75, 3.05) is 30.8 Å². The zero-order valence-corrected chi connectivity index (χ0v) is 12.4. The van der Waals surface area contributed by atoms with Crippen molar-refractivity contribution >= 4 is 11.8 Å². The van der Waals surface area contributed by atoms with Crippen LogP contribution in [0.1, 0.15) is 32.4 Å². The summed E-state index contributed by atoms with van der Waals surface area (Å²) in [4.78, 5) is 7.34. The van der Waals surface area contributed by atoms with Crippen LogP contribution in [0, 0.1) is 0 Å². The first-order valence-electron chi connectivity index (χ1n) is 6.82. The Balaban J connectivity index is 2.51. The number of nitrogens with one attached hydrogen (secondary N) is 2. The molecule has 0 atom stereocenters. The van der Waals surface area contributed by atoms with Crippen LogP contribution in [0.4, 0.5) is 24.9 Å². The van der Waals surface area contributed by atoms with Crippen LogP contribution in [-0.2, 0) is 10.9 Å². The molecule has 0 bridgehead atoms. The molecule has 1 aromatic rings. The second-order valence-electron chi connectivity index (χ2n) is 4.76. The first-order valence-corrected chi connectivity index (χ1v) is 6.82. The van der Waals surface area contributed by atoms with Gasteiger partial charge in [0, 0.05) is 26.3 Å². The molecule has 0 spiro atoms. The van der Waals surface area contributed by atoms with Crippen LogP contribution in [-0.4, -0.2) is 36.3 Å². The second-order valence-corrected chi connectivity index (χ2v) is 4.76. The number of nitrogens with zero attached hydrogens (tertiary/aromatic N) is 2. The van der Waals surface area contributed by atoms with Crippen molar-refractivity contribution in [2.45, 2.75) is 39.0 Å². The lowest BCUT2D eigenvalue weighted by Gasteiger charge is -2.12. The van der Waals surface area contributed by atoms with Gasteiger partial charge in [0.05, 0.1) is 6.10 Å². The highest BCUT2D eigenvalue weighted by Gasteiger charge is 2.33. The van der Waals surface area contributed by atoms with Gasteiger partial charge in [-0.1, -0.05) is 0 Å². The molecule has 1 aromatic heterocycles. The fourth-order valence-corrected chi connectivity index (χ4v) is 1.56. The van der Waals surface area contributed by atoms with E-state index in [9.17, 15) is 13.2 Å². The topological polar surface area (TPSA) is 59.1 Å². The quantitative estimate of drug-likeness (QED) is 0.723. The molecule has 0 amide bonds. The molecule has 1 rings (SSSR count). The molecule has 0 unspecified atom stereocenters. The number of hydrogen-bond acceptors (Lipinski definition) is 5. The number of ether oxygens (including phenoxy) is 1. The molecular formula is C13H21F3N4O. The fraction of sp³-hybridized carbons (Fsp3) is 0.692. The maximum absolute atomic E-state index is 12.7. The SMILES string of the molecule is CNc1nc(NCCCCOC(C)C)cc(C(F)(F)F)n1. The third kappa shape index (κ3) is 6.61. The van der Waals surface area contributed by atoms with Crippen molar-refractivity contribution < 1.29 is 17.9 Å². The van der Waals surface area contributed by atoms with Gasteiger partial charge < -0.3 is 15.4 Å². The lowest BCUT2D eigenvalue weighted by Crippen LogP contribution is -2.13. The molecular weight excluding hydrogens is 285 g/mol. The summed E-state index contributed by atoms with van der Waals surface area (Å²) in [5, 5.41) is 5.39. The molecule has 0 radical (unpaired) electrons. The van der Waals surface area contributed by atoms with E-state index in [0.29, 0.717) is 13.2 Å². The Morgan fingerprint density at radius 1 is 1.24 bits per heavy atom. The standard InChI is InChI=1S/C13H21F3N4O/c1-9(2)21-7-5-4-6-18-11-8-10(13(14,15)16)19-12(17-3)20-11/h8-9H,4-7H2,1-3H3,(H2,17,18,19,20). The monoisotopic (exact) mass is 306 g/mol. The van der Waals surface area contributed by atoms with Crippen molar-refractivity contribution in [2.24, 2.45) is 0 Å². The maximum Gasteiger partial charge on any atom is 0.433 e. The number of aromatic nitrogens is 2. The molecule has 5 nitrogen and oxygen atoms in total. The highest BCUT2D eigenvalue weighted by atomic mass is 19.4. The Morgan fingerprint density at radius 3 is 2.52 bits per heavy atom. The highest BCUT2D eigenvalue weighted by Crippen LogP contribution is 2.29. The summed E-state index contributed by atoms with van der Waals surface area (Å²) >= 11 is 0. The lowest BCUT2D eigenvalue weighted by molar-refractivity contribution is -0.141. The number of unbranched alkanes of at least 4 members (excludes halogenated alkanes) is 1. The van der Waals surface area contributed by atoms with E-state index in [1.807, 2.05) is 13.8 Å². The van der Waals surface area contributed by atoms with Crippen LogP contribution in [0.3, 0.4) is 0 Å². The van der Waals surface area contributed by atoms with Gasteiger partial charge in [-0.15, -0.1) is 0 Å². The summed E-state index contributed by atoms with van der Waals surface area (Å²) in [6.07, 6.45) is -2.68. The summed E-state index contributed by atoms with van der Waals surface area (Å²) in [6.45, 7) is 5.08. The summed E-state index contributed by atoms with van der Waals surface area (Å²) in [5.74, 6) is 0.0990. The van der Waals surface area contributed by atoms with Crippen molar-refractivity contribution in [1.29, 1.82) is 0 Å². The van der Waals surface area contributed by atoms with Crippen LogP contribution in [0.5, 0.6) is 0 Å². The Bertz CT molecular complexity index is 438. The smallest absolute Gasteiger partial charge is 0.379 e. The average molecular weight is 306 g/mol. The molecule has 0 fully saturated rings. The van der Waals surface area contributed by atoms with E-state index in [-0.39, 0.29) is 17.9 Å². The van der Waals surface area contributed by atoms with Crippen LogP contribution >= 0.6 is 0 Å². The number of halogens is 3. The summed E-state index contributed by atoms with van der Waals surface area (Å²) in [5.41, 5.74) is -0.965. The van der Waals surface area contributed by atoms with Gasteiger partial charge in [-0.2, -0.15) is 18.2 Å². The van der Waals surface area contributed by atoms with E-state index < -0.39 is 11.9 Å². The van der Waals surface area contributed by atoms with Gasteiger partial charge in [-0.25, -0.2) is 4.98 Å². The predicted octanol–water partition coefficient (Wildman–Crippen LogP) is 3.15. The maximum atomic E-state index is 12.7. The average Bonchev–Trinajstić information content (AvgIpc) is 2.41. The molecule has 0 aromatic carbocycles. The highest BCUT2D eigenvalue weighted by molar-refractivity contribution is 5.42. The van der Waals surface area contributed by atoms with Gasteiger partial charge in [0.25, 0.3) is 0 Å². The summed E-state index contributed by atoms with van der Waals surface area (Å²) in [6, 6.07) is 0.908. The van der Waals surface area contributed by atoms with Crippen molar-refractivity contribution in [3.63, 3.8) is 0 Å². The molecule has 2 N–H and O–H groups in total. The number of hydrogen-bond donors (Lipinski definition) is 2. The fourth-order valence-electron chi connectivity index (χ4n) is 1.56. The van der Waals surface area contributed by atoms with Crippen LogP contribution in [0.25, 0.3) is 0 Å². The summed E-state index contributed by atoms with van der Waals surface area (Å²) in [7, 11) is 1.47. The van der Waals surface area contributed by atoms with Crippen molar-refractivity contribution in [3.05, 3.63) is 11.8 Å². The first kappa shape index (κ1) is 17.5. The molecule has 0 aliphatic rings. The molecule has 0 aliphatic carbocycles. The van der Waals surface area contributed by atoms with Crippen molar-refractivity contribution in [1.82, 2.24) is 9.97 Å². The number of rotatable bonds is 8. The molecule has 0 aliphatic heterocycles. The molecule has 21 heavy (non-hydrogen) atoms. The van der Waals surface area contributed by atoms with Gasteiger partial charge in [-0.05, 0) is 26.7 Å². The Hall–Kier alpha value is -1.57. The Labute approximate surface area is 122 Å². The van der Waals surface area contributed by atoms with Gasteiger partial charge in [-0.3, -0.25) is 0 Å². The Morgan fingerprint density at radius 2 is 1.95 bits per heavy atom. The molecule has 0 saturated heterocycles. The van der Waals surface area contributed by atoms with E-state index in [4.69, 9.17) is 4.74 Å². The normalized spacial score (nSPS) is 11.8. The van der Waals surface area contributed by atoms with Gasteiger partial charge >= 0.3 is 6.18 Å². The summed E-state index contributed by atoms with van der Waals surface area (Å²) < 4.78 is 43.4. The van der Waals surface area contributed by atoms with Crippen molar-refractivity contribution in [3.8, 4) is 0 Å². The van der Waals surface area contributed by atoms with E-state index in [1.165, 1.54) is 7.05 Å². The minimum absolute atomic E-state index is 0.0598. The largest absolute Gasteiger partial charge is 0.433 e. The Kier molecular flexibility index (Phi) is 6.67. The van der Waals surface area contributed by atoms with Crippen LogP contribution < -0.4 is 10.6 Å². The number of anilines is 2. The van der Waals surface area contributed by atoms with Crippen LogP contribution in [0.2, 0.25) is 0 Å². The van der Waals surface area contributed by atoms with Gasteiger partial charge in [0.15, 0.2) is 5.69 Å². The minimum atomic E-state index is -4.49.